The number of benzene rings is 1. The fourth-order valence-corrected chi connectivity index (χ4v) is 3.87. The Morgan fingerprint density at radius 2 is 2.04 bits per heavy atom. The van der Waals surface area contributed by atoms with Gasteiger partial charge in [0, 0.05) is 23.9 Å². The normalized spacial score (nSPS) is 16.4. The molecule has 2 aromatic heterocycles. The van der Waals surface area contributed by atoms with Crippen molar-refractivity contribution in [1.82, 2.24) is 9.38 Å². The molecule has 0 unspecified atom stereocenters. The van der Waals surface area contributed by atoms with E-state index in [1.165, 1.54) is 11.3 Å². The van der Waals surface area contributed by atoms with E-state index in [1.54, 1.807) is 36.9 Å². The zero-order valence-corrected chi connectivity index (χ0v) is 14.4. The summed E-state index contributed by atoms with van der Waals surface area (Å²) in [6, 6.07) is 5.42. The van der Waals surface area contributed by atoms with Gasteiger partial charge in [0.05, 0.1) is 19.8 Å². The maximum Gasteiger partial charge on any atom is 0.279 e. The van der Waals surface area contributed by atoms with Gasteiger partial charge in [0.1, 0.15) is 5.82 Å². The summed E-state index contributed by atoms with van der Waals surface area (Å²) >= 11 is 1.35. The molecule has 1 aliphatic heterocycles. The lowest BCUT2D eigenvalue weighted by molar-refractivity contribution is -0.116. The van der Waals surface area contributed by atoms with Crippen LogP contribution >= 0.6 is 11.3 Å². The third-order valence-corrected chi connectivity index (χ3v) is 5.08. The highest BCUT2D eigenvalue weighted by Gasteiger charge is 2.32. The van der Waals surface area contributed by atoms with Crippen molar-refractivity contribution in [3.05, 3.63) is 51.3 Å². The van der Waals surface area contributed by atoms with Crippen LogP contribution in [-0.4, -0.2) is 29.5 Å². The topological polar surface area (TPSA) is 81.9 Å². The second-order valence-electron chi connectivity index (χ2n) is 5.65. The van der Waals surface area contributed by atoms with Crippen LogP contribution in [-0.2, 0) is 4.79 Å². The molecule has 1 atom stereocenters. The molecule has 3 heterocycles. The predicted molar refractivity (Wildman–Crippen MR) is 94.0 cm³/mol. The van der Waals surface area contributed by atoms with Crippen molar-refractivity contribution in [2.75, 3.05) is 19.5 Å². The predicted octanol–water partition coefficient (Wildman–Crippen LogP) is 2.25. The summed E-state index contributed by atoms with van der Waals surface area (Å²) < 4.78 is 12.3. The Bertz CT molecular complexity index is 1040. The lowest BCUT2D eigenvalue weighted by Gasteiger charge is -2.25. The van der Waals surface area contributed by atoms with Crippen LogP contribution in [0.15, 0.2) is 34.6 Å². The standard InChI is InChI=1S/C17H15N3O4S/c1-23-11-4-3-9(7-12(11)24-2)10-8-13(21)18-15-14(10)16(22)19-17-20(15)5-6-25-17/h3-7,10H,8H2,1-2H3,(H,18,21)/t10-/m1/s1. The summed E-state index contributed by atoms with van der Waals surface area (Å²) in [6.45, 7) is 0. The molecule has 25 heavy (non-hydrogen) atoms. The minimum atomic E-state index is -0.389. The van der Waals surface area contributed by atoms with Crippen LogP contribution in [0, 0.1) is 0 Å². The number of methoxy groups -OCH3 is 2. The van der Waals surface area contributed by atoms with Gasteiger partial charge in [-0.25, -0.2) is 0 Å². The van der Waals surface area contributed by atoms with Gasteiger partial charge in [-0.05, 0) is 17.7 Å². The van der Waals surface area contributed by atoms with Crippen LogP contribution in [0.25, 0.3) is 4.96 Å². The lowest BCUT2D eigenvalue weighted by atomic mass is 9.86. The Balaban J connectivity index is 1.93. The van der Waals surface area contributed by atoms with Crippen LogP contribution in [0.5, 0.6) is 11.5 Å². The van der Waals surface area contributed by atoms with Crippen molar-refractivity contribution in [1.29, 1.82) is 0 Å². The maximum absolute atomic E-state index is 12.6. The zero-order valence-electron chi connectivity index (χ0n) is 13.6. The van der Waals surface area contributed by atoms with Crippen molar-refractivity contribution in [3.8, 4) is 11.5 Å². The van der Waals surface area contributed by atoms with Gasteiger partial charge in [-0.15, -0.1) is 11.3 Å². The number of carbonyl (C=O) groups excluding carboxylic acids is 1. The van der Waals surface area contributed by atoms with Gasteiger partial charge < -0.3 is 14.8 Å². The first-order valence-electron chi connectivity index (χ1n) is 7.64. The van der Waals surface area contributed by atoms with E-state index in [2.05, 4.69) is 10.3 Å². The largest absolute Gasteiger partial charge is 0.493 e. The average Bonchev–Trinajstić information content (AvgIpc) is 3.08. The fourth-order valence-electron chi connectivity index (χ4n) is 3.17. The van der Waals surface area contributed by atoms with Gasteiger partial charge in [-0.1, -0.05) is 6.07 Å². The van der Waals surface area contributed by atoms with Crippen molar-refractivity contribution < 1.29 is 14.3 Å². The van der Waals surface area contributed by atoms with Crippen molar-refractivity contribution in [2.45, 2.75) is 12.3 Å². The summed E-state index contributed by atoms with van der Waals surface area (Å²) in [7, 11) is 3.11. The molecule has 0 bridgehead atoms. The number of carbonyl (C=O) groups is 1. The lowest BCUT2D eigenvalue weighted by Crippen LogP contribution is -2.31. The molecule has 0 radical (unpaired) electrons. The van der Waals surface area contributed by atoms with Gasteiger partial charge in [0.15, 0.2) is 16.5 Å². The Morgan fingerprint density at radius 1 is 1.24 bits per heavy atom. The van der Waals surface area contributed by atoms with E-state index >= 15 is 0 Å². The number of aromatic nitrogens is 2. The minimum Gasteiger partial charge on any atom is -0.493 e. The Morgan fingerprint density at radius 3 is 2.80 bits per heavy atom. The van der Waals surface area contributed by atoms with E-state index < -0.39 is 0 Å². The molecule has 1 amide bonds. The third-order valence-electron chi connectivity index (χ3n) is 4.32. The summed E-state index contributed by atoms with van der Waals surface area (Å²) in [5, 5.41) is 4.64. The molecule has 0 saturated carbocycles. The first-order chi connectivity index (χ1) is 12.1. The number of thiazole rings is 1. The molecule has 0 spiro atoms. The number of nitrogens with zero attached hydrogens (tertiary/aromatic N) is 2. The summed E-state index contributed by atoms with van der Waals surface area (Å²) in [6.07, 6.45) is 1.97. The molecule has 8 heteroatoms. The van der Waals surface area contributed by atoms with E-state index in [0.29, 0.717) is 27.8 Å². The third kappa shape index (κ3) is 2.45. The number of amides is 1. The molecule has 7 nitrogen and oxygen atoms in total. The molecule has 1 aromatic carbocycles. The highest BCUT2D eigenvalue weighted by Crippen LogP contribution is 2.38. The highest BCUT2D eigenvalue weighted by atomic mass is 32.1. The molecule has 0 saturated heterocycles. The first-order valence-corrected chi connectivity index (χ1v) is 8.52. The molecular formula is C17H15N3O4S. The second kappa shape index (κ2) is 5.89. The Labute approximate surface area is 146 Å². The monoisotopic (exact) mass is 357 g/mol. The maximum atomic E-state index is 12.6. The number of hydrogen-bond acceptors (Lipinski definition) is 6. The summed E-state index contributed by atoms with van der Waals surface area (Å²) in [5.41, 5.74) is 0.975. The smallest absolute Gasteiger partial charge is 0.279 e. The number of fused-ring (bicyclic) bond motifs is 3. The Hall–Kier alpha value is -2.87. The molecule has 128 valence electrons. The number of rotatable bonds is 3. The summed E-state index contributed by atoms with van der Waals surface area (Å²) in [4.78, 5) is 29.6. The van der Waals surface area contributed by atoms with Gasteiger partial charge >= 0.3 is 0 Å². The second-order valence-corrected chi connectivity index (χ2v) is 6.53. The van der Waals surface area contributed by atoms with E-state index in [1.807, 2.05) is 11.4 Å². The molecule has 0 aliphatic carbocycles. The number of hydrogen-bond donors (Lipinski definition) is 1. The van der Waals surface area contributed by atoms with Crippen LogP contribution in [0.3, 0.4) is 0 Å². The van der Waals surface area contributed by atoms with Crippen molar-refractivity contribution >= 4 is 28.0 Å². The van der Waals surface area contributed by atoms with Crippen LogP contribution in [0.2, 0.25) is 0 Å². The summed E-state index contributed by atoms with van der Waals surface area (Å²) in [5.74, 6) is 1.11. The van der Waals surface area contributed by atoms with Gasteiger partial charge in [-0.2, -0.15) is 4.98 Å². The van der Waals surface area contributed by atoms with Gasteiger partial charge in [0.2, 0.25) is 5.91 Å². The van der Waals surface area contributed by atoms with E-state index in [0.717, 1.165) is 5.56 Å². The number of nitrogens with one attached hydrogen (secondary N) is 1. The molecule has 1 N–H and O–H groups in total. The molecule has 0 fully saturated rings. The zero-order chi connectivity index (χ0) is 17.6. The number of ether oxygens (including phenoxy) is 2. The van der Waals surface area contributed by atoms with Crippen LogP contribution < -0.4 is 20.3 Å². The highest BCUT2D eigenvalue weighted by molar-refractivity contribution is 7.15. The average molecular weight is 357 g/mol. The van der Waals surface area contributed by atoms with Crippen molar-refractivity contribution in [2.24, 2.45) is 0 Å². The minimum absolute atomic E-state index is 0.141. The van der Waals surface area contributed by atoms with E-state index in [4.69, 9.17) is 9.47 Å². The van der Waals surface area contributed by atoms with Gasteiger partial charge in [-0.3, -0.25) is 14.0 Å². The Kier molecular flexibility index (Phi) is 3.69. The fraction of sp³-hybridized carbons (Fsp3) is 0.235. The molecule has 3 aromatic rings. The van der Waals surface area contributed by atoms with Gasteiger partial charge in [0.25, 0.3) is 5.56 Å². The van der Waals surface area contributed by atoms with Crippen LogP contribution in [0.1, 0.15) is 23.5 Å². The first kappa shape index (κ1) is 15.6. The molecule has 4 rings (SSSR count). The van der Waals surface area contributed by atoms with E-state index in [9.17, 15) is 9.59 Å². The SMILES string of the molecule is COc1ccc([C@H]2CC(=O)Nc3c2c(=O)nc2sccn32)cc1OC. The quantitative estimate of drug-likeness (QED) is 0.777. The number of anilines is 1. The van der Waals surface area contributed by atoms with E-state index in [-0.39, 0.29) is 23.8 Å². The van der Waals surface area contributed by atoms with Crippen molar-refractivity contribution in [3.63, 3.8) is 0 Å². The van der Waals surface area contributed by atoms with Crippen LogP contribution in [0.4, 0.5) is 5.82 Å². The molecule has 1 aliphatic rings. The molecular weight excluding hydrogens is 342 g/mol.